The van der Waals surface area contributed by atoms with Crippen LogP contribution in [-0.2, 0) is 9.53 Å². The predicted octanol–water partition coefficient (Wildman–Crippen LogP) is 2.57. The second-order valence-corrected chi connectivity index (χ2v) is 8.05. The van der Waals surface area contributed by atoms with E-state index in [-0.39, 0.29) is 17.9 Å². The summed E-state index contributed by atoms with van der Waals surface area (Å²) >= 11 is 5.90. The first-order valence-corrected chi connectivity index (χ1v) is 11.3. The molecule has 1 aliphatic rings. The second-order valence-electron chi connectivity index (χ2n) is 7.62. The summed E-state index contributed by atoms with van der Waals surface area (Å²) in [5, 5.41) is 29.6. The molecule has 2 amide bonds. The molecule has 0 fully saturated rings. The van der Waals surface area contributed by atoms with E-state index in [1.807, 2.05) is 0 Å². The molecule has 2 atom stereocenters. The van der Waals surface area contributed by atoms with Crippen LogP contribution in [0.25, 0.3) is 0 Å². The number of methoxy groups -OCH3 is 1. The molecule has 0 radical (unpaired) electrons. The highest BCUT2D eigenvalue weighted by molar-refractivity contribution is 6.30. The van der Waals surface area contributed by atoms with Crippen molar-refractivity contribution in [2.75, 3.05) is 20.3 Å². The van der Waals surface area contributed by atoms with Gasteiger partial charge in [-0.2, -0.15) is 5.10 Å². The second kappa shape index (κ2) is 12.1. The molecular formula is C24H27ClN4O7. The van der Waals surface area contributed by atoms with Crippen molar-refractivity contribution in [2.24, 2.45) is 5.10 Å². The molecular weight excluding hydrogens is 492 g/mol. The van der Waals surface area contributed by atoms with Crippen LogP contribution in [0.4, 0.5) is 4.79 Å². The molecule has 12 heteroatoms. The zero-order chi connectivity index (χ0) is 26.2. The monoisotopic (exact) mass is 518 g/mol. The maximum absolute atomic E-state index is 12.3. The zero-order valence-corrected chi connectivity index (χ0v) is 20.6. The molecule has 0 saturated heterocycles. The first-order chi connectivity index (χ1) is 17.2. The topological polar surface area (TPSA) is 151 Å². The van der Waals surface area contributed by atoms with E-state index in [2.05, 4.69) is 21.2 Å². The number of phenolic OH excluding ortho intramolecular Hbond substituents is 1. The van der Waals surface area contributed by atoms with E-state index in [1.165, 1.54) is 25.5 Å². The quantitative estimate of drug-likeness (QED) is 0.139. The predicted molar refractivity (Wildman–Crippen MR) is 132 cm³/mol. The fraction of sp³-hybridized carbons (Fsp3) is 0.292. The number of rotatable bonds is 10. The Bertz CT molecular complexity index is 1190. The van der Waals surface area contributed by atoms with Crippen LogP contribution >= 0.6 is 11.6 Å². The number of hydrogen-bond acceptors (Lipinski definition) is 9. The van der Waals surface area contributed by atoms with Gasteiger partial charge in [0.15, 0.2) is 17.7 Å². The third kappa shape index (κ3) is 6.58. The van der Waals surface area contributed by atoms with Crippen molar-refractivity contribution >= 4 is 29.8 Å². The van der Waals surface area contributed by atoms with Gasteiger partial charge in [0, 0.05) is 16.3 Å². The molecule has 1 aliphatic heterocycles. The third-order valence-corrected chi connectivity index (χ3v) is 5.32. The van der Waals surface area contributed by atoms with Gasteiger partial charge in [0.25, 0.3) is 0 Å². The van der Waals surface area contributed by atoms with Gasteiger partial charge in [0.1, 0.15) is 12.4 Å². The van der Waals surface area contributed by atoms with Crippen LogP contribution in [0.3, 0.4) is 0 Å². The lowest BCUT2D eigenvalue weighted by molar-refractivity contribution is -0.136. The van der Waals surface area contributed by atoms with Gasteiger partial charge < -0.3 is 35.1 Å². The Labute approximate surface area is 212 Å². The number of amides is 2. The Hall–Kier alpha value is -3.96. The number of aliphatic hydroxyl groups is 1. The molecule has 0 aliphatic carbocycles. The lowest BCUT2D eigenvalue weighted by atomic mass is 9.95. The molecule has 1 heterocycles. The van der Waals surface area contributed by atoms with Gasteiger partial charge >= 0.3 is 12.0 Å². The summed E-state index contributed by atoms with van der Waals surface area (Å²) in [4.78, 5) is 24.4. The Morgan fingerprint density at radius 1 is 1.25 bits per heavy atom. The number of nitrogens with zero attached hydrogens (tertiary/aromatic N) is 1. The van der Waals surface area contributed by atoms with Gasteiger partial charge in [0.05, 0.1) is 31.5 Å². The Morgan fingerprint density at radius 3 is 2.75 bits per heavy atom. The number of allylic oxidation sites excluding steroid dienone is 1. The van der Waals surface area contributed by atoms with Crippen molar-refractivity contribution in [2.45, 2.75) is 26.1 Å². The average molecular weight is 519 g/mol. The summed E-state index contributed by atoms with van der Waals surface area (Å²) in [5.41, 5.74) is 4.08. The van der Waals surface area contributed by atoms with E-state index < -0.39 is 24.3 Å². The van der Waals surface area contributed by atoms with Gasteiger partial charge in [-0.25, -0.2) is 9.59 Å². The Kier molecular flexibility index (Phi) is 8.98. The first kappa shape index (κ1) is 26.6. The standard InChI is InChI=1S/C24H27ClN4O7/c1-4-35-19-10-14(22-21(23(32)34-3)13(2)27-24(33)28-22)5-8-18(19)36-12-20(31)29-26-11-15-9-16(25)6-7-17(15)30/h5-11,20,22,29-31H,4,12H2,1-3H3,(H2,27,28,33)/b26-11-/t20-,22-/m0/s1. The lowest BCUT2D eigenvalue weighted by Crippen LogP contribution is -2.45. The Balaban J connectivity index is 1.72. The molecule has 0 unspecified atom stereocenters. The number of esters is 1. The smallest absolute Gasteiger partial charge is 0.337 e. The fourth-order valence-electron chi connectivity index (χ4n) is 3.44. The van der Waals surface area contributed by atoms with Crippen LogP contribution in [0.1, 0.15) is 31.0 Å². The summed E-state index contributed by atoms with van der Waals surface area (Å²) in [6.45, 7) is 3.55. The number of ether oxygens (including phenoxy) is 3. The normalized spacial score (nSPS) is 16.2. The maximum atomic E-state index is 12.3. The highest BCUT2D eigenvalue weighted by Gasteiger charge is 2.32. The Morgan fingerprint density at radius 2 is 2.03 bits per heavy atom. The molecule has 36 heavy (non-hydrogen) atoms. The first-order valence-electron chi connectivity index (χ1n) is 10.9. The van der Waals surface area contributed by atoms with Crippen LogP contribution < -0.4 is 25.5 Å². The molecule has 0 saturated carbocycles. The molecule has 0 aromatic heterocycles. The highest BCUT2D eigenvalue weighted by Crippen LogP contribution is 2.34. The van der Waals surface area contributed by atoms with Crippen molar-refractivity contribution in [1.29, 1.82) is 0 Å². The number of carbonyl (C=O) groups is 2. The lowest BCUT2D eigenvalue weighted by Gasteiger charge is -2.28. The summed E-state index contributed by atoms with van der Waals surface area (Å²) in [7, 11) is 1.26. The molecule has 0 spiro atoms. The fourth-order valence-corrected chi connectivity index (χ4v) is 3.62. The molecule has 2 aromatic carbocycles. The minimum absolute atomic E-state index is 0.0116. The van der Waals surface area contributed by atoms with Crippen LogP contribution in [0.15, 0.2) is 52.8 Å². The third-order valence-electron chi connectivity index (χ3n) is 5.09. The largest absolute Gasteiger partial charge is 0.507 e. The summed E-state index contributed by atoms with van der Waals surface area (Å²) in [6, 6.07) is 8.21. The van der Waals surface area contributed by atoms with E-state index in [4.69, 9.17) is 25.8 Å². The van der Waals surface area contributed by atoms with E-state index in [9.17, 15) is 19.8 Å². The number of hydrogen-bond donors (Lipinski definition) is 5. The van der Waals surface area contributed by atoms with Crippen LogP contribution in [0.2, 0.25) is 5.02 Å². The van der Waals surface area contributed by atoms with Crippen LogP contribution in [0, 0.1) is 0 Å². The maximum Gasteiger partial charge on any atom is 0.337 e. The van der Waals surface area contributed by atoms with E-state index in [0.717, 1.165) is 0 Å². The number of aliphatic hydroxyl groups excluding tert-OH is 1. The van der Waals surface area contributed by atoms with Crippen molar-refractivity contribution in [3.8, 4) is 17.2 Å². The number of nitrogens with one attached hydrogen (secondary N) is 3. The van der Waals surface area contributed by atoms with E-state index >= 15 is 0 Å². The SMILES string of the molecule is CCOc1cc([C@@H]2NC(=O)NC(C)=C2C(=O)OC)ccc1OC[C@H](O)N/N=C\c1cc(Cl)ccc1O. The average Bonchev–Trinajstić information content (AvgIpc) is 2.84. The number of hydrazone groups is 1. The molecule has 2 aromatic rings. The van der Waals surface area contributed by atoms with Gasteiger partial charge in [-0.1, -0.05) is 17.7 Å². The summed E-state index contributed by atoms with van der Waals surface area (Å²) < 4.78 is 16.2. The zero-order valence-electron chi connectivity index (χ0n) is 19.9. The molecule has 0 bridgehead atoms. The van der Waals surface area contributed by atoms with E-state index in [0.29, 0.717) is 40.0 Å². The van der Waals surface area contributed by atoms with Gasteiger partial charge in [-0.15, -0.1) is 0 Å². The molecule has 192 valence electrons. The minimum atomic E-state index is -1.18. The highest BCUT2D eigenvalue weighted by atomic mass is 35.5. The number of carbonyl (C=O) groups excluding carboxylic acids is 2. The number of aromatic hydroxyl groups is 1. The van der Waals surface area contributed by atoms with Crippen molar-refractivity contribution in [3.63, 3.8) is 0 Å². The van der Waals surface area contributed by atoms with Gasteiger partial charge in [-0.05, 0) is 49.7 Å². The van der Waals surface area contributed by atoms with Crippen molar-refractivity contribution in [3.05, 3.63) is 63.8 Å². The van der Waals surface area contributed by atoms with Crippen molar-refractivity contribution in [1.82, 2.24) is 16.1 Å². The number of halogens is 1. The minimum Gasteiger partial charge on any atom is -0.507 e. The van der Waals surface area contributed by atoms with Crippen molar-refractivity contribution < 1.29 is 34.0 Å². The molecule has 3 rings (SSSR count). The van der Waals surface area contributed by atoms with E-state index in [1.54, 1.807) is 38.1 Å². The van der Waals surface area contributed by atoms with Gasteiger partial charge in [-0.3, -0.25) is 5.43 Å². The van der Waals surface area contributed by atoms with Gasteiger partial charge in [0.2, 0.25) is 0 Å². The molecule has 11 nitrogen and oxygen atoms in total. The number of urea groups is 1. The summed E-state index contributed by atoms with van der Waals surface area (Å²) in [6.07, 6.45) is 0.129. The van der Waals surface area contributed by atoms with Crippen LogP contribution in [-0.4, -0.2) is 55.0 Å². The molecule has 5 N–H and O–H groups in total. The number of phenols is 1. The van der Waals surface area contributed by atoms with Crippen LogP contribution in [0.5, 0.6) is 17.2 Å². The number of benzene rings is 2. The summed E-state index contributed by atoms with van der Waals surface area (Å²) in [5.74, 6) is 0.0919.